The average molecular weight is 180 g/mol. The van der Waals surface area contributed by atoms with Crippen molar-refractivity contribution in [3.05, 3.63) is 0 Å². The fourth-order valence-corrected chi connectivity index (χ4v) is 2.24. The standard InChI is InChI=1S/C4H8O2S.2C2H6/c5-7(6)3-1-2-4-7;2*1-2/h1-4H2;2*1-2H3. The van der Waals surface area contributed by atoms with Crippen LogP contribution in [0.3, 0.4) is 0 Å². The molecule has 0 aliphatic carbocycles. The largest absolute Gasteiger partial charge is 0.229 e. The van der Waals surface area contributed by atoms with Crippen molar-refractivity contribution in [2.75, 3.05) is 11.5 Å². The first-order valence-electron chi connectivity index (χ1n) is 4.41. The van der Waals surface area contributed by atoms with Crippen LogP contribution >= 0.6 is 0 Å². The van der Waals surface area contributed by atoms with Gasteiger partial charge in [0.05, 0.1) is 11.5 Å². The van der Waals surface area contributed by atoms with Crippen LogP contribution in [-0.4, -0.2) is 19.9 Å². The van der Waals surface area contributed by atoms with Gasteiger partial charge in [0.25, 0.3) is 0 Å². The maximum Gasteiger partial charge on any atom is 0.150 e. The van der Waals surface area contributed by atoms with Crippen LogP contribution < -0.4 is 0 Å². The smallest absolute Gasteiger partial charge is 0.150 e. The molecule has 11 heavy (non-hydrogen) atoms. The summed E-state index contributed by atoms with van der Waals surface area (Å²) in [6.07, 6.45) is 1.75. The van der Waals surface area contributed by atoms with E-state index >= 15 is 0 Å². The molecule has 1 fully saturated rings. The monoisotopic (exact) mass is 180 g/mol. The number of rotatable bonds is 0. The summed E-state index contributed by atoms with van der Waals surface area (Å²) >= 11 is 0. The lowest BCUT2D eigenvalue weighted by Gasteiger charge is -1.81. The molecule has 0 unspecified atom stereocenters. The predicted octanol–water partition coefficient (Wildman–Crippen LogP) is 2.25. The van der Waals surface area contributed by atoms with Gasteiger partial charge in [-0.05, 0) is 12.8 Å². The van der Waals surface area contributed by atoms with Gasteiger partial charge >= 0.3 is 0 Å². The van der Waals surface area contributed by atoms with Crippen LogP contribution in [0.15, 0.2) is 0 Å². The molecule has 1 saturated heterocycles. The van der Waals surface area contributed by atoms with E-state index in [1.165, 1.54) is 0 Å². The van der Waals surface area contributed by atoms with E-state index in [1.54, 1.807) is 0 Å². The van der Waals surface area contributed by atoms with Crippen molar-refractivity contribution in [1.82, 2.24) is 0 Å². The Labute approximate surface area is 70.9 Å². The summed E-state index contributed by atoms with van der Waals surface area (Å²) in [6.45, 7) is 8.00. The molecule has 1 heterocycles. The Morgan fingerprint density at radius 2 is 1.09 bits per heavy atom. The summed E-state index contributed by atoms with van der Waals surface area (Å²) in [5.74, 6) is 0.847. The minimum Gasteiger partial charge on any atom is -0.229 e. The molecule has 0 atom stereocenters. The molecule has 0 aromatic heterocycles. The zero-order chi connectivity index (χ0) is 9.33. The van der Waals surface area contributed by atoms with Crippen molar-refractivity contribution >= 4 is 9.84 Å². The Hall–Kier alpha value is -0.0500. The highest BCUT2D eigenvalue weighted by atomic mass is 32.2. The third-order valence-corrected chi connectivity index (χ3v) is 2.98. The van der Waals surface area contributed by atoms with Gasteiger partial charge in [0.1, 0.15) is 9.84 Å². The second-order valence-electron chi connectivity index (χ2n) is 1.86. The van der Waals surface area contributed by atoms with Crippen LogP contribution in [0.4, 0.5) is 0 Å². The maximum absolute atomic E-state index is 10.4. The predicted molar refractivity (Wildman–Crippen MR) is 50.6 cm³/mol. The average Bonchev–Trinajstić information content (AvgIpc) is 2.43. The van der Waals surface area contributed by atoms with Gasteiger partial charge in [0.2, 0.25) is 0 Å². The molecule has 0 saturated carbocycles. The van der Waals surface area contributed by atoms with Crippen molar-refractivity contribution in [3.8, 4) is 0 Å². The van der Waals surface area contributed by atoms with Crippen molar-refractivity contribution in [1.29, 1.82) is 0 Å². The van der Waals surface area contributed by atoms with Crippen LogP contribution in [0.1, 0.15) is 40.5 Å². The van der Waals surface area contributed by atoms with Gasteiger partial charge in [0.15, 0.2) is 0 Å². The van der Waals surface area contributed by atoms with Crippen molar-refractivity contribution in [3.63, 3.8) is 0 Å². The van der Waals surface area contributed by atoms with Gasteiger partial charge in [-0.25, -0.2) is 8.42 Å². The molecule has 1 aliphatic rings. The van der Waals surface area contributed by atoms with E-state index in [2.05, 4.69) is 0 Å². The second kappa shape index (κ2) is 8.05. The third-order valence-electron chi connectivity index (χ3n) is 1.16. The van der Waals surface area contributed by atoms with E-state index in [-0.39, 0.29) is 0 Å². The third kappa shape index (κ3) is 7.85. The van der Waals surface area contributed by atoms with Crippen molar-refractivity contribution in [2.24, 2.45) is 0 Å². The summed E-state index contributed by atoms with van der Waals surface area (Å²) < 4.78 is 20.9. The van der Waals surface area contributed by atoms with Crippen molar-refractivity contribution < 1.29 is 8.42 Å². The number of hydrogen-bond acceptors (Lipinski definition) is 2. The Morgan fingerprint density at radius 1 is 0.818 bits per heavy atom. The molecule has 0 spiro atoms. The summed E-state index contributed by atoms with van der Waals surface area (Å²) in [6, 6.07) is 0. The maximum atomic E-state index is 10.4. The van der Waals surface area contributed by atoms with Crippen LogP contribution in [-0.2, 0) is 9.84 Å². The minimum absolute atomic E-state index is 0.424. The van der Waals surface area contributed by atoms with Crippen LogP contribution in [0.5, 0.6) is 0 Å². The van der Waals surface area contributed by atoms with E-state index < -0.39 is 9.84 Å². The Balaban J connectivity index is 0. The second-order valence-corrected chi connectivity index (χ2v) is 4.16. The first-order valence-corrected chi connectivity index (χ1v) is 6.23. The lowest BCUT2D eigenvalue weighted by Crippen LogP contribution is -1.98. The SMILES string of the molecule is CC.CC.O=S1(=O)CCCC1. The highest BCUT2D eigenvalue weighted by Gasteiger charge is 2.16. The highest BCUT2D eigenvalue weighted by Crippen LogP contribution is 2.08. The first-order chi connectivity index (χ1) is 5.21. The van der Waals surface area contributed by atoms with Crippen molar-refractivity contribution in [2.45, 2.75) is 40.5 Å². The normalized spacial score (nSPS) is 18.9. The molecule has 0 amide bonds. The van der Waals surface area contributed by atoms with Gasteiger partial charge in [0, 0.05) is 0 Å². The summed E-state index contributed by atoms with van der Waals surface area (Å²) in [4.78, 5) is 0. The lowest BCUT2D eigenvalue weighted by molar-refractivity contribution is 0.602. The molecule has 2 nitrogen and oxygen atoms in total. The lowest BCUT2D eigenvalue weighted by atomic mass is 10.4. The molecule has 0 N–H and O–H groups in total. The molecular weight excluding hydrogens is 160 g/mol. The zero-order valence-corrected chi connectivity index (χ0v) is 8.87. The molecule has 0 bridgehead atoms. The van der Waals surface area contributed by atoms with Crippen LogP contribution in [0.2, 0.25) is 0 Å². The van der Waals surface area contributed by atoms with E-state index in [4.69, 9.17) is 0 Å². The molecule has 3 heteroatoms. The molecule has 1 aliphatic heterocycles. The molecule has 0 radical (unpaired) electrons. The Bertz CT molecular complexity index is 135. The highest BCUT2D eigenvalue weighted by molar-refractivity contribution is 7.91. The summed E-state index contributed by atoms with van der Waals surface area (Å²) in [7, 11) is -2.55. The number of sulfone groups is 1. The molecule has 1 rings (SSSR count). The molecular formula is C8H20O2S. The van der Waals surface area contributed by atoms with Gasteiger partial charge in [-0.2, -0.15) is 0 Å². The molecule has 0 aromatic rings. The fourth-order valence-electron chi connectivity index (χ4n) is 0.746. The quantitative estimate of drug-likeness (QED) is 0.573. The van der Waals surface area contributed by atoms with Gasteiger partial charge in [-0.15, -0.1) is 0 Å². The van der Waals surface area contributed by atoms with Gasteiger partial charge in [-0.3, -0.25) is 0 Å². The summed E-state index contributed by atoms with van der Waals surface area (Å²) in [5, 5.41) is 0. The van der Waals surface area contributed by atoms with E-state index in [0.717, 1.165) is 12.8 Å². The van der Waals surface area contributed by atoms with E-state index in [1.807, 2.05) is 27.7 Å². The Morgan fingerprint density at radius 3 is 1.18 bits per heavy atom. The number of hydrogen-bond donors (Lipinski definition) is 0. The first kappa shape index (κ1) is 13.5. The summed E-state index contributed by atoms with van der Waals surface area (Å²) in [5.41, 5.74) is 0. The van der Waals surface area contributed by atoms with Gasteiger partial charge in [-0.1, -0.05) is 27.7 Å². The zero-order valence-electron chi connectivity index (χ0n) is 8.05. The van der Waals surface area contributed by atoms with Gasteiger partial charge < -0.3 is 0 Å². The van der Waals surface area contributed by atoms with E-state index in [9.17, 15) is 8.42 Å². The minimum atomic E-state index is -2.55. The Kier molecular flexibility index (Phi) is 9.90. The van der Waals surface area contributed by atoms with E-state index in [0.29, 0.717) is 11.5 Å². The van der Waals surface area contributed by atoms with Crippen LogP contribution in [0, 0.1) is 0 Å². The molecule has 0 aromatic carbocycles. The van der Waals surface area contributed by atoms with Crippen LogP contribution in [0.25, 0.3) is 0 Å². The topological polar surface area (TPSA) is 34.1 Å². The fraction of sp³-hybridized carbons (Fsp3) is 1.00. The molecule has 70 valence electrons.